The van der Waals surface area contributed by atoms with Crippen molar-refractivity contribution in [2.24, 2.45) is 0 Å². The van der Waals surface area contributed by atoms with Crippen LogP contribution in [0.5, 0.6) is 0 Å². The molecule has 1 saturated heterocycles. The first kappa shape index (κ1) is 17.7. The van der Waals surface area contributed by atoms with Gasteiger partial charge in [-0.3, -0.25) is 9.58 Å². The lowest BCUT2D eigenvalue weighted by Crippen LogP contribution is -2.53. The third kappa shape index (κ3) is 6.19. The molecule has 7 heteroatoms. The zero-order valence-corrected chi connectivity index (χ0v) is 14.4. The van der Waals surface area contributed by atoms with Gasteiger partial charge in [0.25, 0.3) is 0 Å². The van der Waals surface area contributed by atoms with E-state index in [0.717, 1.165) is 26.1 Å². The van der Waals surface area contributed by atoms with E-state index in [2.05, 4.69) is 41.4 Å². The second-order valence-electron chi connectivity index (χ2n) is 6.32. The van der Waals surface area contributed by atoms with Gasteiger partial charge in [-0.2, -0.15) is 5.10 Å². The molecule has 1 aromatic rings. The van der Waals surface area contributed by atoms with E-state index in [-0.39, 0.29) is 18.2 Å². The molecule has 2 heterocycles. The molecule has 1 fully saturated rings. The van der Waals surface area contributed by atoms with Crippen molar-refractivity contribution in [3.63, 3.8) is 0 Å². The van der Waals surface area contributed by atoms with E-state index in [1.807, 2.05) is 16.9 Å². The molecule has 3 atom stereocenters. The van der Waals surface area contributed by atoms with Crippen molar-refractivity contribution in [2.45, 2.75) is 52.0 Å². The number of carbonyl (C=O) groups is 1. The molecule has 0 aliphatic carbocycles. The van der Waals surface area contributed by atoms with E-state index < -0.39 is 0 Å². The van der Waals surface area contributed by atoms with E-state index in [0.29, 0.717) is 19.1 Å². The van der Waals surface area contributed by atoms with Crippen molar-refractivity contribution in [3.05, 3.63) is 18.5 Å². The molecule has 0 spiro atoms. The van der Waals surface area contributed by atoms with Crippen LogP contribution in [-0.2, 0) is 11.3 Å². The molecule has 0 saturated carbocycles. The Kier molecular flexibility index (Phi) is 6.85. The van der Waals surface area contributed by atoms with Crippen LogP contribution in [0.3, 0.4) is 0 Å². The maximum Gasteiger partial charge on any atom is 0.314 e. The number of aryl methyl sites for hydroxylation is 1. The van der Waals surface area contributed by atoms with Gasteiger partial charge in [0.05, 0.1) is 12.2 Å². The van der Waals surface area contributed by atoms with Gasteiger partial charge in [0.1, 0.15) is 0 Å². The summed E-state index contributed by atoms with van der Waals surface area (Å²) in [5.41, 5.74) is 0. The fourth-order valence-corrected chi connectivity index (χ4v) is 2.89. The minimum Gasteiger partial charge on any atom is -0.373 e. The summed E-state index contributed by atoms with van der Waals surface area (Å²) in [4.78, 5) is 14.2. The van der Waals surface area contributed by atoms with E-state index in [9.17, 15) is 4.79 Å². The van der Waals surface area contributed by atoms with Gasteiger partial charge < -0.3 is 15.4 Å². The summed E-state index contributed by atoms with van der Waals surface area (Å²) in [5.74, 6) is 0. The molecule has 0 unspecified atom stereocenters. The number of rotatable bonds is 7. The number of morpholine rings is 1. The van der Waals surface area contributed by atoms with E-state index >= 15 is 0 Å². The minimum absolute atomic E-state index is 0.105. The summed E-state index contributed by atoms with van der Waals surface area (Å²) >= 11 is 0. The van der Waals surface area contributed by atoms with Crippen LogP contribution in [0.4, 0.5) is 4.79 Å². The van der Waals surface area contributed by atoms with Crippen molar-refractivity contribution in [3.8, 4) is 0 Å². The van der Waals surface area contributed by atoms with Crippen molar-refractivity contribution in [1.29, 1.82) is 0 Å². The third-order valence-electron chi connectivity index (χ3n) is 4.04. The molecular formula is C16H29N5O2. The molecule has 0 aromatic carbocycles. The van der Waals surface area contributed by atoms with Crippen LogP contribution in [0.15, 0.2) is 18.5 Å². The van der Waals surface area contributed by atoms with Crippen molar-refractivity contribution in [2.75, 3.05) is 26.2 Å². The van der Waals surface area contributed by atoms with E-state index in [1.165, 1.54) is 0 Å². The molecule has 2 rings (SSSR count). The number of ether oxygens (including phenoxy) is 1. The quantitative estimate of drug-likeness (QED) is 0.736. The van der Waals surface area contributed by atoms with Gasteiger partial charge in [-0.15, -0.1) is 0 Å². The second kappa shape index (κ2) is 8.88. The lowest BCUT2D eigenvalue weighted by molar-refractivity contribution is -0.0778. The molecule has 130 valence electrons. The van der Waals surface area contributed by atoms with Gasteiger partial charge in [-0.05, 0) is 33.3 Å². The summed E-state index contributed by atoms with van der Waals surface area (Å²) < 4.78 is 7.60. The number of aromatic nitrogens is 2. The Bertz CT molecular complexity index is 455. The monoisotopic (exact) mass is 323 g/mol. The number of hydrogen-bond acceptors (Lipinski definition) is 4. The molecule has 0 radical (unpaired) electrons. The Labute approximate surface area is 138 Å². The highest BCUT2D eigenvalue weighted by molar-refractivity contribution is 5.73. The molecule has 1 aliphatic heterocycles. The maximum absolute atomic E-state index is 11.8. The molecular weight excluding hydrogens is 294 g/mol. The number of carbonyl (C=O) groups excluding carboxylic acids is 1. The lowest BCUT2D eigenvalue weighted by Gasteiger charge is -2.38. The summed E-state index contributed by atoms with van der Waals surface area (Å²) in [6.45, 7) is 10.3. The van der Waals surface area contributed by atoms with Crippen LogP contribution in [-0.4, -0.2) is 65.1 Å². The topological polar surface area (TPSA) is 71.4 Å². The SMILES string of the molecule is C[C@@H]1CN([C@@H](C)CNC(=O)NCCCn2cccn2)C[C@H](C)O1. The highest BCUT2D eigenvalue weighted by Gasteiger charge is 2.25. The summed E-state index contributed by atoms with van der Waals surface area (Å²) in [5, 5.41) is 9.96. The standard InChI is InChI=1S/C16H29N5O2/c1-13(20-11-14(2)23-15(3)12-20)10-18-16(22)17-6-4-8-21-9-5-7-19-21/h5,7,9,13-15H,4,6,8,10-12H2,1-3H3,(H2,17,18,22)/t13-,14-,15+/m0/s1. The number of hydrogen-bond donors (Lipinski definition) is 2. The first-order valence-electron chi connectivity index (χ1n) is 8.43. The van der Waals surface area contributed by atoms with Crippen LogP contribution in [0, 0.1) is 0 Å². The Morgan fingerprint density at radius 1 is 1.35 bits per heavy atom. The Morgan fingerprint density at radius 2 is 2.09 bits per heavy atom. The molecule has 1 aromatic heterocycles. The van der Waals surface area contributed by atoms with Gasteiger partial charge in [0, 0.05) is 51.2 Å². The molecule has 2 amide bonds. The summed E-state index contributed by atoms with van der Waals surface area (Å²) in [6.07, 6.45) is 5.04. The van der Waals surface area contributed by atoms with E-state index in [4.69, 9.17) is 4.74 Å². The Morgan fingerprint density at radius 3 is 2.74 bits per heavy atom. The highest BCUT2D eigenvalue weighted by Crippen LogP contribution is 2.13. The van der Waals surface area contributed by atoms with Gasteiger partial charge >= 0.3 is 6.03 Å². The Hall–Kier alpha value is -1.60. The van der Waals surface area contributed by atoms with Gasteiger partial charge in [0.2, 0.25) is 0 Å². The first-order chi connectivity index (χ1) is 11.0. The van der Waals surface area contributed by atoms with Crippen LogP contribution in [0.1, 0.15) is 27.2 Å². The molecule has 0 bridgehead atoms. The molecule has 1 aliphatic rings. The highest BCUT2D eigenvalue weighted by atomic mass is 16.5. The average molecular weight is 323 g/mol. The maximum atomic E-state index is 11.8. The van der Waals surface area contributed by atoms with Crippen LogP contribution >= 0.6 is 0 Å². The number of nitrogens with zero attached hydrogens (tertiary/aromatic N) is 3. The summed E-state index contributed by atoms with van der Waals surface area (Å²) in [6, 6.07) is 2.10. The minimum atomic E-state index is -0.105. The second-order valence-corrected chi connectivity index (χ2v) is 6.32. The lowest BCUT2D eigenvalue weighted by atomic mass is 10.2. The third-order valence-corrected chi connectivity index (χ3v) is 4.04. The van der Waals surface area contributed by atoms with Gasteiger partial charge in [-0.1, -0.05) is 0 Å². The number of nitrogens with one attached hydrogen (secondary N) is 2. The zero-order chi connectivity index (χ0) is 16.7. The van der Waals surface area contributed by atoms with Crippen LogP contribution < -0.4 is 10.6 Å². The van der Waals surface area contributed by atoms with Crippen molar-refractivity contribution in [1.82, 2.24) is 25.3 Å². The normalized spacial score (nSPS) is 23.4. The average Bonchev–Trinajstić information content (AvgIpc) is 3.01. The molecule has 2 N–H and O–H groups in total. The summed E-state index contributed by atoms with van der Waals surface area (Å²) in [7, 11) is 0. The van der Waals surface area contributed by atoms with E-state index in [1.54, 1.807) is 6.20 Å². The molecule has 23 heavy (non-hydrogen) atoms. The largest absolute Gasteiger partial charge is 0.373 e. The van der Waals surface area contributed by atoms with Crippen LogP contribution in [0.25, 0.3) is 0 Å². The first-order valence-corrected chi connectivity index (χ1v) is 8.43. The number of urea groups is 1. The van der Waals surface area contributed by atoms with Crippen LogP contribution in [0.2, 0.25) is 0 Å². The predicted molar refractivity (Wildman–Crippen MR) is 89.3 cm³/mol. The predicted octanol–water partition coefficient (Wildman–Crippen LogP) is 1.07. The number of amides is 2. The fourth-order valence-electron chi connectivity index (χ4n) is 2.89. The zero-order valence-electron chi connectivity index (χ0n) is 14.4. The van der Waals surface area contributed by atoms with Crippen molar-refractivity contribution >= 4 is 6.03 Å². The van der Waals surface area contributed by atoms with Crippen molar-refractivity contribution < 1.29 is 9.53 Å². The fraction of sp³-hybridized carbons (Fsp3) is 0.750. The Balaban J connectivity index is 1.58. The molecule has 7 nitrogen and oxygen atoms in total. The van der Waals surface area contributed by atoms with Gasteiger partial charge in [-0.25, -0.2) is 4.79 Å². The smallest absolute Gasteiger partial charge is 0.314 e. The van der Waals surface area contributed by atoms with Gasteiger partial charge in [0.15, 0.2) is 0 Å².